The van der Waals surface area contributed by atoms with Crippen molar-refractivity contribution in [2.45, 2.75) is 32.2 Å². The van der Waals surface area contributed by atoms with E-state index in [4.69, 9.17) is 9.05 Å². The first kappa shape index (κ1) is 11.8. The summed E-state index contributed by atoms with van der Waals surface area (Å²) in [5, 5.41) is 12.8. The third-order valence-corrected chi connectivity index (χ3v) is 2.86. The van der Waals surface area contributed by atoms with E-state index >= 15 is 0 Å². The van der Waals surface area contributed by atoms with Gasteiger partial charge in [0.05, 0.1) is 17.9 Å². The van der Waals surface area contributed by atoms with Crippen LogP contribution in [0.4, 0.5) is 10.7 Å². The molecule has 0 spiro atoms. The number of carbonyl (C=O) groups is 1. The van der Waals surface area contributed by atoms with Crippen LogP contribution in [0.2, 0.25) is 0 Å². The lowest BCUT2D eigenvalue weighted by molar-refractivity contribution is 0.249. The number of hydrogen-bond acceptors (Lipinski definition) is 5. The van der Waals surface area contributed by atoms with Gasteiger partial charge in [-0.3, -0.25) is 5.32 Å². The summed E-state index contributed by atoms with van der Waals surface area (Å²) in [5.74, 6) is 1.50. The van der Waals surface area contributed by atoms with E-state index in [-0.39, 0.29) is 6.03 Å². The zero-order valence-corrected chi connectivity index (χ0v) is 10.5. The van der Waals surface area contributed by atoms with Crippen LogP contribution in [0.25, 0.3) is 0 Å². The first-order valence-electron chi connectivity index (χ1n) is 6.14. The van der Waals surface area contributed by atoms with Crippen LogP contribution in [0.5, 0.6) is 0 Å². The molecule has 2 aromatic heterocycles. The number of urea groups is 1. The van der Waals surface area contributed by atoms with Crippen molar-refractivity contribution in [3.63, 3.8) is 0 Å². The first-order chi connectivity index (χ1) is 9.20. The highest BCUT2D eigenvalue weighted by molar-refractivity contribution is 5.87. The minimum Gasteiger partial charge on any atom is -0.359 e. The van der Waals surface area contributed by atoms with Crippen molar-refractivity contribution in [2.24, 2.45) is 0 Å². The number of amides is 2. The lowest BCUT2D eigenvalue weighted by Crippen LogP contribution is -2.27. The number of carbonyl (C=O) groups excluding carboxylic acids is 1. The average molecular weight is 262 g/mol. The Morgan fingerprint density at radius 1 is 1.37 bits per heavy atom. The first-order valence-corrected chi connectivity index (χ1v) is 6.14. The molecular weight excluding hydrogens is 248 g/mol. The Kier molecular flexibility index (Phi) is 2.94. The van der Waals surface area contributed by atoms with E-state index in [1.165, 1.54) is 12.8 Å². The summed E-state index contributed by atoms with van der Waals surface area (Å²) in [5.41, 5.74) is 1.68. The minimum atomic E-state index is -0.375. The van der Waals surface area contributed by atoms with Crippen molar-refractivity contribution in [3.05, 3.63) is 29.3 Å². The standard InChI is InChI=1S/C12H14N4O3/c1-7-4-11(19-15-7)14-12(17)13-6-9-5-10(16-18-9)8-2-3-8/h4-5,8H,2-3,6H2,1H3,(H2,13,14,17). The maximum Gasteiger partial charge on any atom is 0.322 e. The van der Waals surface area contributed by atoms with E-state index in [1.54, 1.807) is 13.0 Å². The monoisotopic (exact) mass is 262 g/mol. The molecule has 0 atom stereocenters. The largest absolute Gasteiger partial charge is 0.359 e. The molecule has 7 heteroatoms. The van der Waals surface area contributed by atoms with Crippen LogP contribution in [-0.4, -0.2) is 16.3 Å². The Morgan fingerprint density at radius 2 is 2.21 bits per heavy atom. The van der Waals surface area contributed by atoms with Gasteiger partial charge < -0.3 is 14.4 Å². The maximum atomic E-state index is 11.6. The highest BCUT2D eigenvalue weighted by Crippen LogP contribution is 2.39. The van der Waals surface area contributed by atoms with Crippen molar-refractivity contribution < 1.29 is 13.8 Å². The van der Waals surface area contributed by atoms with E-state index in [0.717, 1.165) is 5.69 Å². The SMILES string of the molecule is Cc1cc(NC(=O)NCc2cc(C3CC3)no2)on1. The van der Waals surface area contributed by atoms with E-state index in [2.05, 4.69) is 20.9 Å². The van der Waals surface area contributed by atoms with Crippen LogP contribution in [0.3, 0.4) is 0 Å². The van der Waals surface area contributed by atoms with Gasteiger partial charge in [0.15, 0.2) is 5.76 Å². The fourth-order valence-corrected chi connectivity index (χ4v) is 1.73. The molecule has 0 aliphatic heterocycles. The zero-order chi connectivity index (χ0) is 13.2. The topological polar surface area (TPSA) is 93.2 Å². The van der Waals surface area contributed by atoms with Crippen LogP contribution in [-0.2, 0) is 6.54 Å². The molecule has 2 heterocycles. The smallest absolute Gasteiger partial charge is 0.322 e. The molecule has 0 unspecified atom stereocenters. The Balaban J connectivity index is 1.49. The predicted molar refractivity (Wildman–Crippen MR) is 65.6 cm³/mol. The summed E-state index contributed by atoms with van der Waals surface area (Å²) in [6, 6.07) is 3.15. The Hall–Kier alpha value is -2.31. The fraction of sp³-hybridized carbons (Fsp3) is 0.417. The minimum absolute atomic E-state index is 0.290. The summed E-state index contributed by atoms with van der Waals surface area (Å²) in [6.07, 6.45) is 2.34. The van der Waals surface area contributed by atoms with E-state index in [1.807, 2.05) is 6.07 Å². The van der Waals surface area contributed by atoms with Crippen LogP contribution in [0.1, 0.15) is 35.9 Å². The molecule has 0 aromatic carbocycles. The fourth-order valence-electron chi connectivity index (χ4n) is 1.73. The summed E-state index contributed by atoms with van der Waals surface area (Å²) < 4.78 is 10.0. The Labute approximate surface area is 109 Å². The summed E-state index contributed by atoms with van der Waals surface area (Å²) in [7, 11) is 0. The summed E-state index contributed by atoms with van der Waals surface area (Å²) in [6.45, 7) is 2.07. The van der Waals surface area contributed by atoms with Gasteiger partial charge in [0.25, 0.3) is 0 Å². The van der Waals surface area contributed by atoms with Gasteiger partial charge in [0, 0.05) is 18.1 Å². The van der Waals surface area contributed by atoms with Gasteiger partial charge in [0.1, 0.15) is 0 Å². The highest BCUT2D eigenvalue weighted by atomic mass is 16.5. The number of nitrogens with one attached hydrogen (secondary N) is 2. The van der Waals surface area contributed by atoms with Crippen molar-refractivity contribution in [3.8, 4) is 0 Å². The van der Waals surface area contributed by atoms with Gasteiger partial charge in [-0.1, -0.05) is 10.3 Å². The predicted octanol–water partition coefficient (Wildman–Crippen LogP) is 2.17. The second-order valence-electron chi connectivity index (χ2n) is 4.63. The maximum absolute atomic E-state index is 11.6. The Morgan fingerprint density at radius 3 is 2.89 bits per heavy atom. The molecule has 100 valence electrons. The van der Waals surface area contributed by atoms with Gasteiger partial charge in [0.2, 0.25) is 5.88 Å². The normalized spacial score (nSPS) is 14.4. The number of aromatic nitrogens is 2. The highest BCUT2D eigenvalue weighted by Gasteiger charge is 2.27. The van der Waals surface area contributed by atoms with E-state index < -0.39 is 0 Å². The van der Waals surface area contributed by atoms with E-state index in [9.17, 15) is 4.79 Å². The molecule has 0 bridgehead atoms. The molecule has 1 saturated carbocycles. The van der Waals surface area contributed by atoms with Gasteiger partial charge >= 0.3 is 6.03 Å². The molecular formula is C12H14N4O3. The molecule has 2 N–H and O–H groups in total. The van der Waals surface area contributed by atoms with Gasteiger partial charge in [-0.2, -0.15) is 0 Å². The van der Waals surface area contributed by atoms with Gasteiger partial charge in [-0.05, 0) is 19.8 Å². The van der Waals surface area contributed by atoms with Crippen molar-refractivity contribution in [1.82, 2.24) is 15.6 Å². The van der Waals surface area contributed by atoms with Crippen LogP contribution in [0, 0.1) is 6.92 Å². The second-order valence-corrected chi connectivity index (χ2v) is 4.63. The molecule has 2 amide bonds. The molecule has 1 aliphatic rings. The molecule has 2 aromatic rings. The molecule has 1 aliphatic carbocycles. The Bertz CT molecular complexity index is 585. The van der Waals surface area contributed by atoms with Crippen LogP contribution in [0.15, 0.2) is 21.2 Å². The van der Waals surface area contributed by atoms with Gasteiger partial charge in [-0.15, -0.1) is 0 Å². The third kappa shape index (κ3) is 2.93. The molecule has 0 radical (unpaired) electrons. The van der Waals surface area contributed by atoms with Crippen molar-refractivity contribution in [1.29, 1.82) is 0 Å². The molecule has 1 fully saturated rings. The lowest BCUT2D eigenvalue weighted by Gasteiger charge is -2.01. The van der Waals surface area contributed by atoms with Crippen molar-refractivity contribution in [2.75, 3.05) is 5.32 Å². The van der Waals surface area contributed by atoms with Crippen molar-refractivity contribution >= 4 is 11.9 Å². The summed E-state index contributed by atoms with van der Waals surface area (Å²) >= 11 is 0. The zero-order valence-electron chi connectivity index (χ0n) is 10.5. The number of hydrogen-bond donors (Lipinski definition) is 2. The van der Waals surface area contributed by atoms with Crippen LogP contribution >= 0.6 is 0 Å². The average Bonchev–Trinajstić information content (AvgIpc) is 2.99. The second kappa shape index (κ2) is 4.75. The lowest BCUT2D eigenvalue weighted by atomic mass is 10.3. The molecule has 19 heavy (non-hydrogen) atoms. The number of aryl methyl sites for hydroxylation is 1. The molecule has 3 rings (SSSR count). The summed E-state index contributed by atoms with van der Waals surface area (Å²) in [4.78, 5) is 11.6. The quantitative estimate of drug-likeness (QED) is 0.880. The third-order valence-electron chi connectivity index (χ3n) is 2.86. The number of nitrogens with zero attached hydrogens (tertiary/aromatic N) is 2. The molecule has 0 saturated heterocycles. The molecule has 7 nitrogen and oxygen atoms in total. The van der Waals surface area contributed by atoms with Gasteiger partial charge in [-0.25, -0.2) is 4.79 Å². The van der Waals surface area contributed by atoms with E-state index in [0.29, 0.717) is 29.8 Å². The van der Waals surface area contributed by atoms with Crippen LogP contribution < -0.4 is 10.6 Å². The number of anilines is 1. The number of rotatable bonds is 4.